The van der Waals surface area contributed by atoms with Gasteiger partial charge in [0.05, 0.1) is 18.1 Å². The summed E-state index contributed by atoms with van der Waals surface area (Å²) in [4.78, 5) is 0. The average Bonchev–Trinajstić information content (AvgIpc) is 3.23. The predicted molar refractivity (Wildman–Crippen MR) is 99.4 cm³/mol. The summed E-state index contributed by atoms with van der Waals surface area (Å²) in [5.74, 6) is 0.426. The molecule has 0 radical (unpaired) electrons. The Morgan fingerprint density at radius 3 is 2.48 bits per heavy atom. The third-order valence-corrected chi connectivity index (χ3v) is 9.08. The van der Waals surface area contributed by atoms with Gasteiger partial charge in [0.25, 0.3) is 0 Å². The Morgan fingerprint density at radius 1 is 1.00 bits per heavy atom. The van der Waals surface area contributed by atoms with E-state index in [0.717, 1.165) is 25.4 Å². The molecule has 0 spiro atoms. The van der Waals surface area contributed by atoms with Crippen LogP contribution < -0.4 is 0 Å². The number of hydrogen-bond donors (Lipinski definition) is 0. The van der Waals surface area contributed by atoms with Crippen molar-refractivity contribution in [2.75, 3.05) is 6.61 Å². The van der Waals surface area contributed by atoms with Gasteiger partial charge in [0.1, 0.15) is 0 Å². The van der Waals surface area contributed by atoms with Crippen LogP contribution in [0.15, 0.2) is 30.3 Å². The summed E-state index contributed by atoms with van der Waals surface area (Å²) >= 11 is 0. The third-order valence-electron chi connectivity index (χ3n) is 9.08. The van der Waals surface area contributed by atoms with Crippen molar-refractivity contribution < 1.29 is 9.47 Å². The maximum Gasteiger partial charge on any atom is 0.178 e. The van der Waals surface area contributed by atoms with Crippen LogP contribution in [0.25, 0.3) is 0 Å². The lowest BCUT2D eigenvalue weighted by Gasteiger charge is -2.46. The van der Waals surface area contributed by atoms with Crippen LogP contribution in [0.3, 0.4) is 0 Å². The number of hydrogen-bond acceptors (Lipinski definition) is 2. The highest BCUT2D eigenvalue weighted by atomic mass is 16.7. The number of ether oxygens (including phenoxy) is 2. The van der Waals surface area contributed by atoms with Crippen LogP contribution in [0.2, 0.25) is 0 Å². The Bertz CT molecular complexity index is 654. The molecule has 2 heteroatoms. The Labute approximate surface area is 152 Å². The minimum Gasteiger partial charge on any atom is -0.349 e. The van der Waals surface area contributed by atoms with Gasteiger partial charge >= 0.3 is 0 Å². The standard InChI is InChI=1S/C23H32O2/c1-20(2)18-10-13-21(20,3)19(16-18)25-23-12-7-11-22(23,14-15-24-23)17-8-5-4-6-9-17/h4-6,8-9,18-19H,7,10-16H2,1-3H3. The van der Waals surface area contributed by atoms with Gasteiger partial charge in [-0.1, -0.05) is 51.1 Å². The molecule has 0 N–H and O–H groups in total. The molecule has 3 saturated carbocycles. The molecule has 4 aliphatic rings. The maximum absolute atomic E-state index is 7.09. The highest BCUT2D eigenvalue weighted by molar-refractivity contribution is 5.32. The van der Waals surface area contributed by atoms with Crippen LogP contribution in [0.5, 0.6) is 0 Å². The first-order chi connectivity index (χ1) is 11.9. The first-order valence-corrected chi connectivity index (χ1v) is 10.3. The van der Waals surface area contributed by atoms with Crippen LogP contribution in [0.4, 0.5) is 0 Å². The zero-order valence-electron chi connectivity index (χ0n) is 16.0. The Balaban J connectivity index is 1.51. The van der Waals surface area contributed by atoms with Gasteiger partial charge < -0.3 is 9.47 Å². The molecule has 136 valence electrons. The summed E-state index contributed by atoms with van der Waals surface area (Å²) in [6.45, 7) is 8.27. The molecular formula is C23H32O2. The van der Waals surface area contributed by atoms with E-state index in [4.69, 9.17) is 9.47 Å². The molecule has 2 bridgehead atoms. The average molecular weight is 341 g/mol. The van der Waals surface area contributed by atoms with Crippen LogP contribution in [0, 0.1) is 16.7 Å². The fourth-order valence-corrected chi connectivity index (χ4v) is 6.98. The molecular weight excluding hydrogens is 308 g/mol. The van der Waals surface area contributed by atoms with E-state index in [1.54, 1.807) is 0 Å². The molecule has 2 nitrogen and oxygen atoms in total. The first-order valence-electron chi connectivity index (χ1n) is 10.3. The monoisotopic (exact) mass is 340 g/mol. The maximum atomic E-state index is 7.09. The van der Waals surface area contributed by atoms with Crippen LogP contribution in [-0.2, 0) is 14.9 Å². The lowest BCUT2D eigenvalue weighted by Crippen LogP contribution is -2.51. The second-order valence-electron chi connectivity index (χ2n) is 9.87. The molecule has 0 amide bonds. The Kier molecular flexibility index (Phi) is 3.33. The summed E-state index contributed by atoms with van der Waals surface area (Å²) in [5, 5.41) is 0. The molecule has 1 aromatic rings. The van der Waals surface area contributed by atoms with E-state index in [2.05, 4.69) is 51.1 Å². The quantitative estimate of drug-likeness (QED) is 0.728. The molecule has 5 atom stereocenters. The SMILES string of the molecule is CC1(C)C2CCC1(C)C(OC13CCCC1(c1ccccc1)CCO3)C2. The van der Waals surface area contributed by atoms with E-state index >= 15 is 0 Å². The normalized spacial score (nSPS) is 47.3. The molecule has 25 heavy (non-hydrogen) atoms. The van der Waals surface area contributed by atoms with E-state index in [1.165, 1.54) is 37.7 Å². The Morgan fingerprint density at radius 2 is 1.80 bits per heavy atom. The van der Waals surface area contributed by atoms with Crippen molar-refractivity contribution in [1.29, 1.82) is 0 Å². The second-order valence-corrected chi connectivity index (χ2v) is 9.87. The smallest absolute Gasteiger partial charge is 0.178 e. The van der Waals surface area contributed by atoms with E-state index < -0.39 is 0 Å². The van der Waals surface area contributed by atoms with E-state index in [9.17, 15) is 0 Å². The van der Waals surface area contributed by atoms with Crippen molar-refractivity contribution in [2.45, 2.75) is 83.0 Å². The summed E-state index contributed by atoms with van der Waals surface area (Å²) < 4.78 is 13.6. The molecule has 5 rings (SSSR count). The zero-order valence-corrected chi connectivity index (χ0v) is 16.0. The van der Waals surface area contributed by atoms with Crippen LogP contribution in [-0.4, -0.2) is 18.5 Å². The van der Waals surface area contributed by atoms with Gasteiger partial charge in [0.2, 0.25) is 0 Å². The van der Waals surface area contributed by atoms with Crippen molar-refractivity contribution in [3.63, 3.8) is 0 Å². The number of benzene rings is 1. The molecule has 1 heterocycles. The van der Waals surface area contributed by atoms with Crippen LogP contribution >= 0.6 is 0 Å². The fourth-order valence-electron chi connectivity index (χ4n) is 6.98. The van der Waals surface area contributed by atoms with Gasteiger partial charge in [-0.3, -0.25) is 0 Å². The van der Waals surface area contributed by atoms with Crippen molar-refractivity contribution in [3.05, 3.63) is 35.9 Å². The number of fused-ring (bicyclic) bond motifs is 3. The van der Waals surface area contributed by atoms with Gasteiger partial charge in [-0.15, -0.1) is 0 Å². The highest BCUT2D eigenvalue weighted by Gasteiger charge is 2.67. The largest absolute Gasteiger partial charge is 0.349 e. The zero-order chi connectivity index (χ0) is 17.3. The molecule has 1 saturated heterocycles. The lowest BCUT2D eigenvalue weighted by atomic mass is 9.69. The minimum atomic E-state index is -0.386. The molecule has 1 aromatic carbocycles. The summed E-state index contributed by atoms with van der Waals surface area (Å²) in [6, 6.07) is 11.1. The molecule has 0 aromatic heterocycles. The van der Waals surface area contributed by atoms with Crippen molar-refractivity contribution >= 4 is 0 Å². The van der Waals surface area contributed by atoms with Gasteiger partial charge in [-0.25, -0.2) is 0 Å². The van der Waals surface area contributed by atoms with Gasteiger partial charge in [0.15, 0.2) is 5.79 Å². The Hall–Kier alpha value is -0.860. The van der Waals surface area contributed by atoms with Crippen LogP contribution in [0.1, 0.15) is 71.3 Å². The lowest BCUT2D eigenvalue weighted by molar-refractivity contribution is -0.272. The van der Waals surface area contributed by atoms with Crippen molar-refractivity contribution in [2.24, 2.45) is 16.7 Å². The van der Waals surface area contributed by atoms with Crippen molar-refractivity contribution in [3.8, 4) is 0 Å². The highest BCUT2D eigenvalue weighted by Crippen LogP contribution is 2.68. The molecule has 1 aliphatic heterocycles. The van der Waals surface area contributed by atoms with E-state index in [0.29, 0.717) is 16.9 Å². The second kappa shape index (κ2) is 5.10. The topological polar surface area (TPSA) is 18.5 Å². The summed E-state index contributed by atoms with van der Waals surface area (Å²) in [6.07, 6.45) is 8.83. The predicted octanol–water partition coefficient (Wildman–Crippen LogP) is 5.46. The van der Waals surface area contributed by atoms with E-state index in [1.807, 2.05) is 0 Å². The summed E-state index contributed by atoms with van der Waals surface area (Å²) in [5.41, 5.74) is 2.18. The fraction of sp³-hybridized carbons (Fsp3) is 0.739. The number of rotatable bonds is 3. The first kappa shape index (κ1) is 16.3. The van der Waals surface area contributed by atoms with Gasteiger partial charge in [0, 0.05) is 6.42 Å². The van der Waals surface area contributed by atoms with Gasteiger partial charge in [-0.2, -0.15) is 0 Å². The summed E-state index contributed by atoms with van der Waals surface area (Å²) in [7, 11) is 0. The molecule has 3 aliphatic carbocycles. The van der Waals surface area contributed by atoms with E-state index in [-0.39, 0.29) is 11.2 Å². The van der Waals surface area contributed by atoms with Gasteiger partial charge in [-0.05, 0) is 60.8 Å². The molecule has 4 fully saturated rings. The minimum absolute atomic E-state index is 0.0661. The molecule has 5 unspecified atom stereocenters. The third kappa shape index (κ3) is 1.88. The van der Waals surface area contributed by atoms with Crippen molar-refractivity contribution in [1.82, 2.24) is 0 Å².